The maximum absolute atomic E-state index is 5.59. The lowest BCUT2D eigenvalue weighted by molar-refractivity contribution is 0.123. The summed E-state index contributed by atoms with van der Waals surface area (Å²) in [5.74, 6) is 0. The average Bonchev–Trinajstić information content (AvgIpc) is 2.27. The van der Waals surface area contributed by atoms with E-state index in [1.54, 1.807) is 0 Å². The number of alkyl halides is 2. The Bertz CT molecular complexity index is 291. The second-order valence-corrected chi connectivity index (χ2v) is 6.47. The molecule has 0 fully saturated rings. The van der Waals surface area contributed by atoms with Gasteiger partial charge < -0.3 is 13.3 Å². The van der Waals surface area contributed by atoms with Crippen molar-refractivity contribution in [1.82, 2.24) is 0 Å². The first-order chi connectivity index (χ1) is 7.14. The maximum atomic E-state index is 5.59. The van der Waals surface area contributed by atoms with Gasteiger partial charge in [0.25, 0.3) is 0 Å². The number of rotatable bonds is 5. The van der Waals surface area contributed by atoms with Crippen LogP contribution in [0.5, 0.6) is 0 Å². The third-order valence-electron chi connectivity index (χ3n) is 1.91. The van der Waals surface area contributed by atoms with Crippen molar-refractivity contribution in [3.05, 3.63) is 30.3 Å². The second kappa shape index (κ2) is 5.84. The Labute approximate surface area is 100 Å². The average molecular weight is 267 g/mol. The lowest BCUT2D eigenvalue weighted by Crippen LogP contribution is -2.56. The van der Waals surface area contributed by atoms with Crippen molar-refractivity contribution in [1.29, 1.82) is 0 Å². The molecule has 1 rings (SSSR count). The van der Waals surface area contributed by atoms with Gasteiger partial charge in [0.05, 0.1) is 0 Å². The number of hydrogen-bond acceptors (Lipinski definition) is 3. The van der Waals surface area contributed by atoms with Crippen molar-refractivity contribution in [2.45, 2.75) is 5.02 Å². The van der Waals surface area contributed by atoms with Crippen LogP contribution >= 0.6 is 23.2 Å². The molecule has 0 aromatic heterocycles. The first-order valence-corrected chi connectivity index (χ1v) is 6.86. The Kier molecular flexibility index (Phi) is 5.05. The third kappa shape index (κ3) is 3.17. The van der Waals surface area contributed by atoms with Crippen LogP contribution in [0.3, 0.4) is 0 Å². The summed E-state index contributed by atoms with van der Waals surface area (Å²) in [4.78, 5) is 0. The fourth-order valence-corrected chi connectivity index (χ4v) is 3.75. The molecule has 15 heavy (non-hydrogen) atoms. The molecular weight excluding hydrogens is 255 g/mol. The SMILES string of the molecule is CO[Si](OC)(OC(Cl)Cl)c1ccccc1. The Morgan fingerprint density at radius 1 is 1.07 bits per heavy atom. The molecular formula is C9H12Cl2O3Si. The van der Waals surface area contributed by atoms with Crippen molar-refractivity contribution in [3.63, 3.8) is 0 Å². The minimum absolute atomic E-state index is 0.821. The summed E-state index contributed by atoms with van der Waals surface area (Å²) in [6.45, 7) is 0. The standard InChI is InChI=1S/C9H12Cl2O3Si/c1-12-15(13-2,14-9(10)11)8-6-4-3-5-7-8/h3-7,9H,1-2H3. The molecule has 0 atom stereocenters. The van der Waals surface area contributed by atoms with Crippen LogP contribution in [-0.4, -0.2) is 28.0 Å². The van der Waals surface area contributed by atoms with E-state index in [9.17, 15) is 0 Å². The number of halogens is 2. The molecule has 0 saturated carbocycles. The molecule has 0 aliphatic heterocycles. The molecule has 0 spiro atoms. The zero-order chi connectivity index (χ0) is 11.3. The van der Waals surface area contributed by atoms with E-state index in [-0.39, 0.29) is 0 Å². The normalized spacial score (nSPS) is 12.1. The fourth-order valence-electron chi connectivity index (χ4n) is 1.24. The van der Waals surface area contributed by atoms with Crippen LogP contribution in [0.25, 0.3) is 0 Å². The summed E-state index contributed by atoms with van der Waals surface area (Å²) >= 11 is 11.2. The smallest absolute Gasteiger partial charge is 0.373 e. The summed E-state index contributed by atoms with van der Waals surface area (Å²) in [5.41, 5.74) is 0. The van der Waals surface area contributed by atoms with Crippen molar-refractivity contribution in [3.8, 4) is 0 Å². The van der Waals surface area contributed by atoms with Gasteiger partial charge in [-0.25, -0.2) is 0 Å². The van der Waals surface area contributed by atoms with Gasteiger partial charge in [-0.05, 0) is 0 Å². The van der Waals surface area contributed by atoms with Crippen LogP contribution in [0.4, 0.5) is 0 Å². The molecule has 0 radical (unpaired) electrons. The Morgan fingerprint density at radius 2 is 1.60 bits per heavy atom. The highest BCUT2D eigenvalue weighted by Gasteiger charge is 2.43. The molecule has 6 heteroatoms. The van der Waals surface area contributed by atoms with Crippen LogP contribution in [-0.2, 0) is 13.3 Å². The van der Waals surface area contributed by atoms with E-state index in [1.165, 1.54) is 14.2 Å². The third-order valence-corrected chi connectivity index (χ3v) is 5.05. The van der Waals surface area contributed by atoms with E-state index in [0.29, 0.717) is 0 Å². The van der Waals surface area contributed by atoms with Crippen LogP contribution in [0.2, 0.25) is 0 Å². The highest BCUT2D eigenvalue weighted by molar-refractivity contribution is 6.76. The lowest BCUT2D eigenvalue weighted by Gasteiger charge is -2.26. The van der Waals surface area contributed by atoms with Gasteiger partial charge in [-0.15, -0.1) is 0 Å². The molecule has 0 saturated heterocycles. The first-order valence-electron chi connectivity index (χ1n) is 4.26. The molecule has 0 bridgehead atoms. The van der Waals surface area contributed by atoms with E-state index in [1.807, 2.05) is 30.3 Å². The second-order valence-electron chi connectivity index (χ2n) is 2.71. The predicted octanol–water partition coefficient (Wildman–Crippen LogP) is 1.90. The summed E-state index contributed by atoms with van der Waals surface area (Å²) in [6.07, 6.45) is 0. The number of hydrogen-bond donors (Lipinski definition) is 0. The monoisotopic (exact) mass is 266 g/mol. The molecule has 0 N–H and O–H groups in total. The van der Waals surface area contributed by atoms with Gasteiger partial charge in [-0.1, -0.05) is 53.5 Å². The molecule has 0 heterocycles. The molecule has 0 amide bonds. The van der Waals surface area contributed by atoms with Crippen LogP contribution in [0.1, 0.15) is 0 Å². The van der Waals surface area contributed by atoms with Crippen molar-refractivity contribution in [2.75, 3.05) is 14.2 Å². The highest BCUT2D eigenvalue weighted by Crippen LogP contribution is 2.15. The van der Waals surface area contributed by atoms with Crippen LogP contribution < -0.4 is 5.19 Å². The van der Waals surface area contributed by atoms with Crippen molar-refractivity contribution < 1.29 is 13.3 Å². The van der Waals surface area contributed by atoms with Gasteiger partial charge in [0, 0.05) is 19.4 Å². The molecule has 1 aromatic rings. The molecule has 1 aromatic carbocycles. The van der Waals surface area contributed by atoms with Gasteiger partial charge in [0.15, 0.2) is 0 Å². The van der Waals surface area contributed by atoms with E-state index in [4.69, 9.17) is 36.5 Å². The van der Waals surface area contributed by atoms with Gasteiger partial charge in [0.2, 0.25) is 5.02 Å². The van der Waals surface area contributed by atoms with Crippen LogP contribution in [0.15, 0.2) is 30.3 Å². The lowest BCUT2D eigenvalue weighted by atomic mass is 10.4. The maximum Gasteiger partial charge on any atom is 0.538 e. The number of benzene rings is 1. The van der Waals surface area contributed by atoms with Gasteiger partial charge in [-0.3, -0.25) is 0 Å². The van der Waals surface area contributed by atoms with Crippen molar-refractivity contribution >= 4 is 37.2 Å². The van der Waals surface area contributed by atoms with E-state index in [2.05, 4.69) is 0 Å². The molecule has 0 aliphatic rings. The molecule has 3 nitrogen and oxygen atoms in total. The summed E-state index contributed by atoms with van der Waals surface area (Å²) in [7, 11) is 0.0790. The topological polar surface area (TPSA) is 27.7 Å². The summed E-state index contributed by atoms with van der Waals surface area (Å²) in [5, 5.41) is -0.155. The minimum Gasteiger partial charge on any atom is -0.373 e. The van der Waals surface area contributed by atoms with Gasteiger partial charge in [0.1, 0.15) is 0 Å². The van der Waals surface area contributed by atoms with Gasteiger partial charge in [-0.2, -0.15) is 0 Å². The summed E-state index contributed by atoms with van der Waals surface area (Å²) < 4.78 is 16.0. The Hall–Kier alpha value is -0.103. The minimum atomic E-state index is -2.95. The zero-order valence-electron chi connectivity index (χ0n) is 8.44. The Balaban J connectivity index is 3.00. The predicted molar refractivity (Wildman–Crippen MR) is 62.4 cm³/mol. The van der Waals surface area contributed by atoms with E-state index >= 15 is 0 Å². The zero-order valence-corrected chi connectivity index (χ0v) is 11.0. The molecule has 84 valence electrons. The quantitative estimate of drug-likeness (QED) is 0.602. The highest BCUT2D eigenvalue weighted by atomic mass is 35.5. The Morgan fingerprint density at radius 3 is 2.00 bits per heavy atom. The largest absolute Gasteiger partial charge is 0.538 e. The molecule has 0 unspecified atom stereocenters. The molecule has 0 aliphatic carbocycles. The van der Waals surface area contributed by atoms with Gasteiger partial charge >= 0.3 is 8.80 Å². The fraction of sp³-hybridized carbons (Fsp3) is 0.333. The van der Waals surface area contributed by atoms with E-state index in [0.717, 1.165) is 5.19 Å². The van der Waals surface area contributed by atoms with E-state index < -0.39 is 13.8 Å². The van der Waals surface area contributed by atoms with Crippen molar-refractivity contribution in [2.24, 2.45) is 0 Å². The van der Waals surface area contributed by atoms with Crippen LogP contribution in [0, 0.1) is 0 Å². The first kappa shape index (κ1) is 13.0. The summed E-state index contributed by atoms with van der Waals surface area (Å²) in [6, 6.07) is 9.35.